The normalized spacial score (nSPS) is 10.1. The molecule has 0 bridgehead atoms. The molecule has 0 aliphatic carbocycles. The van der Waals surface area contributed by atoms with Crippen LogP contribution in [0.2, 0.25) is 0 Å². The molecule has 0 amide bonds. The Hall–Kier alpha value is -1.96. The molecular formula is C16H12FIO4. The second kappa shape index (κ2) is 7.35. The predicted octanol–water partition coefficient (Wildman–Crippen LogP) is 3.40. The quantitative estimate of drug-likeness (QED) is 0.326. The van der Waals surface area contributed by atoms with E-state index in [4.69, 9.17) is 9.47 Å². The van der Waals surface area contributed by atoms with Crippen molar-refractivity contribution in [3.05, 3.63) is 56.9 Å². The van der Waals surface area contributed by atoms with Gasteiger partial charge in [-0.05, 0) is 52.4 Å². The molecule has 0 fully saturated rings. The SMILES string of the molecule is COc1cc(C=O)cc(I)c1OC(=O)Cc1ccc(F)cc1. The molecule has 4 nitrogen and oxygen atoms in total. The highest BCUT2D eigenvalue weighted by Gasteiger charge is 2.16. The monoisotopic (exact) mass is 414 g/mol. The third-order valence-electron chi connectivity index (χ3n) is 2.87. The fourth-order valence-electron chi connectivity index (χ4n) is 1.83. The van der Waals surface area contributed by atoms with Crippen LogP contribution in [0.1, 0.15) is 15.9 Å². The number of methoxy groups -OCH3 is 1. The van der Waals surface area contributed by atoms with E-state index in [-0.39, 0.29) is 18.0 Å². The van der Waals surface area contributed by atoms with Crippen LogP contribution in [0, 0.1) is 9.39 Å². The fourth-order valence-corrected chi connectivity index (χ4v) is 2.56. The number of esters is 1. The lowest BCUT2D eigenvalue weighted by molar-refractivity contribution is -0.133. The standard InChI is InChI=1S/C16H12FIO4/c1-21-14-7-11(9-19)6-13(18)16(14)22-15(20)8-10-2-4-12(17)5-3-10/h2-7,9H,8H2,1H3. The lowest BCUT2D eigenvalue weighted by atomic mass is 10.1. The Morgan fingerprint density at radius 3 is 2.55 bits per heavy atom. The molecular weight excluding hydrogens is 402 g/mol. The smallest absolute Gasteiger partial charge is 0.315 e. The molecule has 0 atom stereocenters. The van der Waals surface area contributed by atoms with E-state index in [0.29, 0.717) is 26.7 Å². The molecule has 0 spiro atoms. The Kier molecular flexibility index (Phi) is 5.48. The molecule has 0 radical (unpaired) electrons. The summed E-state index contributed by atoms with van der Waals surface area (Å²) in [5.41, 5.74) is 1.07. The van der Waals surface area contributed by atoms with Crippen molar-refractivity contribution in [2.24, 2.45) is 0 Å². The zero-order chi connectivity index (χ0) is 16.1. The van der Waals surface area contributed by atoms with Crippen LogP contribution < -0.4 is 9.47 Å². The minimum Gasteiger partial charge on any atom is -0.493 e. The highest BCUT2D eigenvalue weighted by atomic mass is 127. The van der Waals surface area contributed by atoms with Gasteiger partial charge in [0.2, 0.25) is 0 Å². The molecule has 0 saturated heterocycles. The number of carbonyl (C=O) groups is 2. The van der Waals surface area contributed by atoms with E-state index in [1.54, 1.807) is 6.07 Å². The molecule has 0 N–H and O–H groups in total. The van der Waals surface area contributed by atoms with Crippen molar-refractivity contribution in [2.45, 2.75) is 6.42 Å². The average Bonchev–Trinajstić information content (AvgIpc) is 2.51. The van der Waals surface area contributed by atoms with Gasteiger partial charge in [-0.1, -0.05) is 12.1 Å². The first-order chi connectivity index (χ1) is 10.5. The predicted molar refractivity (Wildman–Crippen MR) is 86.8 cm³/mol. The summed E-state index contributed by atoms with van der Waals surface area (Å²) in [4.78, 5) is 22.8. The summed E-state index contributed by atoms with van der Waals surface area (Å²) < 4.78 is 23.9. The molecule has 0 unspecified atom stereocenters. The summed E-state index contributed by atoms with van der Waals surface area (Å²) in [7, 11) is 1.43. The van der Waals surface area contributed by atoms with Crippen LogP contribution in [0.5, 0.6) is 11.5 Å². The lowest BCUT2D eigenvalue weighted by Crippen LogP contribution is -2.13. The Morgan fingerprint density at radius 2 is 1.95 bits per heavy atom. The van der Waals surface area contributed by atoms with Gasteiger partial charge in [0.05, 0.1) is 17.1 Å². The van der Waals surface area contributed by atoms with Crippen LogP contribution in [-0.2, 0) is 11.2 Å². The number of aldehydes is 1. The Balaban J connectivity index is 2.17. The van der Waals surface area contributed by atoms with Gasteiger partial charge in [-0.25, -0.2) is 4.39 Å². The van der Waals surface area contributed by atoms with E-state index in [0.717, 1.165) is 0 Å². The van der Waals surface area contributed by atoms with Crippen LogP contribution in [0.3, 0.4) is 0 Å². The molecule has 114 valence electrons. The number of rotatable bonds is 5. The van der Waals surface area contributed by atoms with E-state index in [1.807, 2.05) is 22.6 Å². The Labute approximate surface area is 140 Å². The van der Waals surface area contributed by atoms with Gasteiger partial charge >= 0.3 is 5.97 Å². The van der Waals surface area contributed by atoms with Crippen LogP contribution in [0.4, 0.5) is 4.39 Å². The summed E-state index contributed by atoms with van der Waals surface area (Å²) in [5, 5.41) is 0. The van der Waals surface area contributed by atoms with Crippen molar-refractivity contribution < 1.29 is 23.5 Å². The molecule has 22 heavy (non-hydrogen) atoms. The van der Waals surface area contributed by atoms with E-state index < -0.39 is 5.97 Å². The molecule has 6 heteroatoms. The van der Waals surface area contributed by atoms with Gasteiger partial charge in [-0.3, -0.25) is 9.59 Å². The summed E-state index contributed by atoms with van der Waals surface area (Å²) >= 11 is 1.96. The Bertz CT molecular complexity index is 698. The summed E-state index contributed by atoms with van der Waals surface area (Å²) in [6, 6.07) is 8.70. The van der Waals surface area contributed by atoms with Crippen LogP contribution in [0.25, 0.3) is 0 Å². The largest absolute Gasteiger partial charge is 0.493 e. The molecule has 2 aromatic carbocycles. The number of ether oxygens (including phenoxy) is 2. The summed E-state index contributed by atoms with van der Waals surface area (Å²) in [6.07, 6.45) is 0.698. The molecule has 0 saturated carbocycles. The van der Waals surface area contributed by atoms with E-state index >= 15 is 0 Å². The topological polar surface area (TPSA) is 52.6 Å². The van der Waals surface area contributed by atoms with Crippen molar-refractivity contribution in [1.29, 1.82) is 0 Å². The number of benzene rings is 2. The molecule has 2 aromatic rings. The van der Waals surface area contributed by atoms with Gasteiger partial charge in [0, 0.05) is 5.56 Å². The van der Waals surface area contributed by atoms with Crippen molar-refractivity contribution >= 4 is 34.8 Å². The summed E-state index contributed by atoms with van der Waals surface area (Å²) in [5.74, 6) is -0.290. The second-order valence-electron chi connectivity index (χ2n) is 4.43. The zero-order valence-electron chi connectivity index (χ0n) is 11.6. The molecule has 0 aliphatic rings. The van der Waals surface area contributed by atoms with Gasteiger partial charge < -0.3 is 9.47 Å². The van der Waals surface area contributed by atoms with Crippen LogP contribution >= 0.6 is 22.6 Å². The second-order valence-corrected chi connectivity index (χ2v) is 5.59. The minimum absolute atomic E-state index is 0.00888. The van der Waals surface area contributed by atoms with Gasteiger partial charge in [-0.15, -0.1) is 0 Å². The highest BCUT2D eigenvalue weighted by Crippen LogP contribution is 2.33. The van der Waals surface area contributed by atoms with E-state index in [9.17, 15) is 14.0 Å². The number of hydrogen-bond donors (Lipinski definition) is 0. The Morgan fingerprint density at radius 1 is 1.27 bits per heavy atom. The maximum atomic E-state index is 12.8. The number of hydrogen-bond acceptors (Lipinski definition) is 4. The highest BCUT2D eigenvalue weighted by molar-refractivity contribution is 14.1. The first-order valence-electron chi connectivity index (χ1n) is 6.31. The van der Waals surface area contributed by atoms with Crippen molar-refractivity contribution in [3.8, 4) is 11.5 Å². The summed E-state index contributed by atoms with van der Waals surface area (Å²) in [6.45, 7) is 0. The molecule has 0 aromatic heterocycles. The first-order valence-corrected chi connectivity index (χ1v) is 7.39. The number of carbonyl (C=O) groups excluding carboxylic acids is 2. The minimum atomic E-state index is -0.498. The fraction of sp³-hybridized carbons (Fsp3) is 0.125. The first kappa shape index (κ1) is 16.4. The van der Waals surface area contributed by atoms with Gasteiger partial charge in [0.1, 0.15) is 12.1 Å². The number of halogens is 2. The van der Waals surface area contributed by atoms with Crippen molar-refractivity contribution in [3.63, 3.8) is 0 Å². The zero-order valence-corrected chi connectivity index (χ0v) is 13.8. The van der Waals surface area contributed by atoms with E-state index in [2.05, 4.69) is 0 Å². The maximum absolute atomic E-state index is 12.8. The lowest BCUT2D eigenvalue weighted by Gasteiger charge is -2.12. The van der Waals surface area contributed by atoms with Crippen molar-refractivity contribution in [1.82, 2.24) is 0 Å². The average molecular weight is 414 g/mol. The van der Waals surface area contributed by atoms with Crippen molar-refractivity contribution in [2.75, 3.05) is 7.11 Å². The van der Waals surface area contributed by atoms with Gasteiger partial charge in [-0.2, -0.15) is 0 Å². The third-order valence-corrected chi connectivity index (χ3v) is 3.67. The third kappa shape index (κ3) is 4.03. The maximum Gasteiger partial charge on any atom is 0.315 e. The van der Waals surface area contributed by atoms with E-state index in [1.165, 1.54) is 37.4 Å². The molecule has 2 rings (SSSR count). The van der Waals surface area contributed by atoms with Gasteiger partial charge in [0.15, 0.2) is 11.5 Å². The van der Waals surface area contributed by atoms with Crippen LogP contribution in [-0.4, -0.2) is 19.4 Å². The molecule has 0 aliphatic heterocycles. The van der Waals surface area contributed by atoms with Crippen LogP contribution in [0.15, 0.2) is 36.4 Å². The van der Waals surface area contributed by atoms with Gasteiger partial charge in [0.25, 0.3) is 0 Å². The molecule has 0 heterocycles.